The molecule has 1 heterocycles. The van der Waals surface area contributed by atoms with Crippen molar-refractivity contribution in [2.45, 2.75) is 32.7 Å². The summed E-state index contributed by atoms with van der Waals surface area (Å²) in [6.07, 6.45) is 3.92. The molecule has 5 heteroatoms. The Labute approximate surface area is 116 Å². The summed E-state index contributed by atoms with van der Waals surface area (Å²) in [6.45, 7) is 5.03. The zero-order valence-corrected chi connectivity index (χ0v) is 12.6. The number of nitrogens with zero attached hydrogens (tertiary/aromatic N) is 1. The largest absolute Gasteiger partial charge is 0.367 e. The molecule has 0 aromatic carbocycles. The fourth-order valence-electron chi connectivity index (χ4n) is 1.82. The molecule has 0 bridgehead atoms. The van der Waals surface area contributed by atoms with E-state index in [0.29, 0.717) is 23.3 Å². The molecule has 0 saturated carbocycles. The lowest BCUT2D eigenvalue weighted by atomic mass is 9.95. The molecule has 0 amide bonds. The van der Waals surface area contributed by atoms with Gasteiger partial charge in [0.15, 0.2) is 0 Å². The molecule has 3 nitrogen and oxygen atoms in total. The second-order valence-electron chi connectivity index (χ2n) is 4.11. The van der Waals surface area contributed by atoms with Gasteiger partial charge in [-0.25, -0.2) is 4.98 Å². The highest BCUT2D eigenvalue weighted by molar-refractivity contribution is 9.10. The molecule has 3 N–H and O–H groups in total. The van der Waals surface area contributed by atoms with Crippen LogP contribution in [0.25, 0.3) is 0 Å². The van der Waals surface area contributed by atoms with Crippen LogP contribution in [-0.4, -0.2) is 17.6 Å². The van der Waals surface area contributed by atoms with Crippen molar-refractivity contribution in [2.24, 2.45) is 11.7 Å². The number of rotatable bonds is 6. The lowest BCUT2D eigenvalue weighted by Gasteiger charge is -2.21. The van der Waals surface area contributed by atoms with E-state index in [1.807, 2.05) is 6.07 Å². The second kappa shape index (κ2) is 7.19. The standard InChI is InChI=1S/C12H19BrClN3/c1-3-8(4-2)11(15)7-17-12-10(14)5-9(13)6-16-12/h5-6,8,11H,3-4,7,15H2,1-2H3,(H,16,17). The highest BCUT2D eigenvalue weighted by atomic mass is 79.9. The van der Waals surface area contributed by atoms with Crippen molar-refractivity contribution >= 4 is 33.3 Å². The number of halogens is 2. The zero-order valence-electron chi connectivity index (χ0n) is 10.2. The molecule has 17 heavy (non-hydrogen) atoms. The van der Waals surface area contributed by atoms with Gasteiger partial charge >= 0.3 is 0 Å². The van der Waals surface area contributed by atoms with Gasteiger partial charge in [0.1, 0.15) is 5.82 Å². The smallest absolute Gasteiger partial charge is 0.144 e. The maximum atomic E-state index is 6.12. The monoisotopic (exact) mass is 319 g/mol. The minimum absolute atomic E-state index is 0.131. The maximum Gasteiger partial charge on any atom is 0.144 e. The summed E-state index contributed by atoms with van der Waals surface area (Å²) >= 11 is 9.39. The first-order valence-corrected chi connectivity index (χ1v) is 7.06. The van der Waals surface area contributed by atoms with E-state index in [4.69, 9.17) is 17.3 Å². The summed E-state index contributed by atoms with van der Waals surface area (Å²) < 4.78 is 0.873. The lowest BCUT2D eigenvalue weighted by molar-refractivity contribution is 0.407. The zero-order chi connectivity index (χ0) is 12.8. The van der Waals surface area contributed by atoms with Gasteiger partial charge in [0.2, 0.25) is 0 Å². The number of pyridine rings is 1. The average molecular weight is 321 g/mol. The first-order chi connectivity index (χ1) is 8.08. The Kier molecular flexibility index (Phi) is 6.23. The predicted molar refractivity (Wildman–Crippen MR) is 77.5 cm³/mol. The maximum absolute atomic E-state index is 6.12. The molecule has 0 saturated heterocycles. The molecule has 0 aliphatic rings. The molecule has 0 radical (unpaired) electrons. The van der Waals surface area contributed by atoms with E-state index in [2.05, 4.69) is 40.1 Å². The van der Waals surface area contributed by atoms with Crippen molar-refractivity contribution in [2.75, 3.05) is 11.9 Å². The molecule has 0 fully saturated rings. The van der Waals surface area contributed by atoms with Gasteiger partial charge in [0.05, 0.1) is 5.02 Å². The van der Waals surface area contributed by atoms with Crippen molar-refractivity contribution in [3.05, 3.63) is 21.8 Å². The summed E-state index contributed by atoms with van der Waals surface area (Å²) in [5.41, 5.74) is 6.12. The Balaban J connectivity index is 2.55. The van der Waals surface area contributed by atoms with Crippen LogP contribution in [0.1, 0.15) is 26.7 Å². The normalized spacial score (nSPS) is 12.8. The van der Waals surface area contributed by atoms with Crippen LogP contribution in [0.15, 0.2) is 16.7 Å². The van der Waals surface area contributed by atoms with Crippen LogP contribution in [-0.2, 0) is 0 Å². The summed E-state index contributed by atoms with van der Waals surface area (Å²) in [6, 6.07) is 1.95. The van der Waals surface area contributed by atoms with Gasteiger partial charge in [-0.2, -0.15) is 0 Å². The second-order valence-corrected chi connectivity index (χ2v) is 5.43. The Morgan fingerprint density at radius 2 is 2.12 bits per heavy atom. The molecular formula is C12H19BrClN3. The van der Waals surface area contributed by atoms with E-state index in [0.717, 1.165) is 17.3 Å². The number of hydrogen-bond acceptors (Lipinski definition) is 3. The highest BCUT2D eigenvalue weighted by Crippen LogP contribution is 2.23. The number of hydrogen-bond donors (Lipinski definition) is 2. The average Bonchev–Trinajstić information content (AvgIpc) is 2.29. The highest BCUT2D eigenvalue weighted by Gasteiger charge is 2.14. The first-order valence-electron chi connectivity index (χ1n) is 5.88. The number of nitrogens with two attached hydrogens (primary N) is 1. The topological polar surface area (TPSA) is 50.9 Å². The minimum atomic E-state index is 0.131. The minimum Gasteiger partial charge on any atom is -0.367 e. The quantitative estimate of drug-likeness (QED) is 0.841. The Hall–Kier alpha value is -0.320. The van der Waals surface area contributed by atoms with Gasteiger partial charge < -0.3 is 11.1 Å². The van der Waals surface area contributed by atoms with Crippen LogP contribution < -0.4 is 11.1 Å². The van der Waals surface area contributed by atoms with Crippen molar-refractivity contribution in [1.82, 2.24) is 4.98 Å². The van der Waals surface area contributed by atoms with E-state index in [1.54, 1.807) is 6.20 Å². The predicted octanol–water partition coefficient (Wildman–Crippen LogP) is 3.67. The SMILES string of the molecule is CCC(CC)C(N)CNc1ncc(Br)cc1Cl. The van der Waals surface area contributed by atoms with Crippen LogP contribution in [0.2, 0.25) is 5.02 Å². The van der Waals surface area contributed by atoms with Crippen molar-refractivity contribution < 1.29 is 0 Å². The van der Waals surface area contributed by atoms with Gasteiger partial charge in [-0.15, -0.1) is 0 Å². The van der Waals surface area contributed by atoms with Crippen LogP contribution >= 0.6 is 27.5 Å². The first kappa shape index (κ1) is 14.7. The van der Waals surface area contributed by atoms with Crippen LogP contribution in [0, 0.1) is 5.92 Å². The van der Waals surface area contributed by atoms with Crippen molar-refractivity contribution in [3.8, 4) is 0 Å². The molecule has 0 spiro atoms. The van der Waals surface area contributed by atoms with Gasteiger partial charge in [0.25, 0.3) is 0 Å². The third-order valence-corrected chi connectivity index (χ3v) is 3.69. The molecule has 1 aromatic rings. The van der Waals surface area contributed by atoms with Gasteiger partial charge in [-0.3, -0.25) is 0 Å². The molecule has 1 atom stereocenters. The van der Waals surface area contributed by atoms with Crippen molar-refractivity contribution in [3.63, 3.8) is 0 Å². The van der Waals surface area contributed by atoms with Crippen LogP contribution in [0.5, 0.6) is 0 Å². The van der Waals surface area contributed by atoms with Crippen LogP contribution in [0.4, 0.5) is 5.82 Å². The molecular weight excluding hydrogens is 302 g/mol. The summed E-state index contributed by atoms with van der Waals surface area (Å²) in [4.78, 5) is 4.22. The fourth-order valence-corrected chi connectivity index (χ4v) is 2.52. The van der Waals surface area contributed by atoms with E-state index in [-0.39, 0.29) is 6.04 Å². The molecule has 0 aliphatic carbocycles. The Bertz CT molecular complexity index is 356. The number of anilines is 1. The van der Waals surface area contributed by atoms with Gasteiger partial charge in [-0.05, 0) is 27.9 Å². The third-order valence-electron chi connectivity index (χ3n) is 2.97. The molecule has 1 unspecified atom stereocenters. The Morgan fingerprint density at radius 1 is 1.47 bits per heavy atom. The summed E-state index contributed by atoms with van der Waals surface area (Å²) in [5.74, 6) is 1.23. The molecule has 96 valence electrons. The van der Waals surface area contributed by atoms with E-state index in [1.165, 1.54) is 0 Å². The molecule has 1 rings (SSSR count). The van der Waals surface area contributed by atoms with Crippen LogP contribution in [0.3, 0.4) is 0 Å². The summed E-state index contributed by atoms with van der Waals surface area (Å²) in [5, 5.41) is 3.81. The van der Waals surface area contributed by atoms with E-state index >= 15 is 0 Å². The van der Waals surface area contributed by atoms with Gasteiger partial charge in [0, 0.05) is 23.3 Å². The summed E-state index contributed by atoms with van der Waals surface area (Å²) in [7, 11) is 0. The molecule has 1 aromatic heterocycles. The third kappa shape index (κ3) is 4.45. The lowest BCUT2D eigenvalue weighted by Crippen LogP contribution is -2.36. The van der Waals surface area contributed by atoms with E-state index < -0.39 is 0 Å². The number of aromatic nitrogens is 1. The molecule has 0 aliphatic heterocycles. The Morgan fingerprint density at radius 3 is 2.65 bits per heavy atom. The fraction of sp³-hybridized carbons (Fsp3) is 0.583. The number of nitrogens with one attached hydrogen (secondary N) is 1. The van der Waals surface area contributed by atoms with E-state index in [9.17, 15) is 0 Å². The van der Waals surface area contributed by atoms with Gasteiger partial charge in [-0.1, -0.05) is 38.3 Å². The van der Waals surface area contributed by atoms with Crippen molar-refractivity contribution in [1.29, 1.82) is 0 Å².